The van der Waals surface area contributed by atoms with Crippen LogP contribution in [0.25, 0.3) is 5.70 Å². The molecule has 0 saturated heterocycles. The fourth-order valence-corrected chi connectivity index (χ4v) is 3.47. The van der Waals surface area contributed by atoms with E-state index in [1.54, 1.807) is 4.68 Å². The minimum atomic E-state index is -0.206. The normalized spacial score (nSPS) is 15.6. The summed E-state index contributed by atoms with van der Waals surface area (Å²) in [7, 11) is 0. The summed E-state index contributed by atoms with van der Waals surface area (Å²) in [4.78, 5) is 14.3. The molecule has 0 spiro atoms. The number of anilines is 1. The largest absolute Gasteiger partial charge is 0.355 e. The summed E-state index contributed by atoms with van der Waals surface area (Å²) in [5.74, 6) is 0.450. The molecule has 0 fully saturated rings. The number of tetrazole rings is 1. The number of carbonyl (C=O) groups excluding carboxylic acids is 1. The highest BCUT2D eigenvalue weighted by Gasteiger charge is 2.31. The second kappa shape index (κ2) is 8.45. The summed E-state index contributed by atoms with van der Waals surface area (Å²) in [5.41, 5.74) is 2.88. The van der Waals surface area contributed by atoms with E-state index in [1.807, 2.05) is 66.4 Å². The molecule has 0 radical (unpaired) electrons. The minimum absolute atomic E-state index is 0.0758. The van der Waals surface area contributed by atoms with Crippen LogP contribution in [0.5, 0.6) is 0 Å². The van der Waals surface area contributed by atoms with Gasteiger partial charge < -0.3 is 5.32 Å². The first-order valence-corrected chi connectivity index (χ1v) is 9.90. The van der Waals surface area contributed by atoms with E-state index in [2.05, 4.69) is 26.9 Å². The smallest absolute Gasteiger partial charge is 0.251 e. The molecule has 1 aliphatic rings. The van der Waals surface area contributed by atoms with E-state index < -0.39 is 0 Å². The van der Waals surface area contributed by atoms with Crippen LogP contribution in [0, 0.1) is 0 Å². The quantitative estimate of drug-likeness (QED) is 0.677. The molecule has 1 amide bonds. The number of carbonyl (C=O) groups is 1. The molecule has 1 atom stereocenters. The molecule has 0 bridgehead atoms. The van der Waals surface area contributed by atoms with Crippen LogP contribution in [0.2, 0.25) is 5.02 Å². The number of nitrogens with zero attached hydrogens (tertiary/aromatic N) is 5. The SMILES string of the molecule is CCCNC(=O)CN1C(c2ccccc2)=CC(c2ccc(Cl)cc2)n2nnnc21. The molecule has 1 aromatic heterocycles. The van der Waals surface area contributed by atoms with Crippen LogP contribution in [0.3, 0.4) is 0 Å². The van der Waals surface area contributed by atoms with E-state index in [1.165, 1.54) is 0 Å². The number of benzene rings is 2. The summed E-state index contributed by atoms with van der Waals surface area (Å²) in [6.45, 7) is 2.79. The van der Waals surface area contributed by atoms with Gasteiger partial charge in [-0.2, -0.15) is 4.68 Å². The van der Waals surface area contributed by atoms with Gasteiger partial charge in [0, 0.05) is 11.6 Å². The molecular weight excluding hydrogens is 388 g/mol. The molecular formula is C21H21ClN6O. The van der Waals surface area contributed by atoms with Gasteiger partial charge >= 0.3 is 0 Å². The van der Waals surface area contributed by atoms with Crippen LogP contribution < -0.4 is 10.2 Å². The maximum Gasteiger partial charge on any atom is 0.251 e. The summed E-state index contributed by atoms with van der Waals surface area (Å²) >= 11 is 6.06. The molecule has 3 aromatic rings. The van der Waals surface area contributed by atoms with E-state index in [9.17, 15) is 4.79 Å². The lowest BCUT2D eigenvalue weighted by Crippen LogP contribution is -2.40. The summed E-state index contributed by atoms with van der Waals surface area (Å²) in [6, 6.07) is 17.3. The van der Waals surface area contributed by atoms with Gasteiger partial charge in [0.05, 0.1) is 5.70 Å². The molecule has 29 heavy (non-hydrogen) atoms. The summed E-state index contributed by atoms with van der Waals surface area (Å²) in [6.07, 6.45) is 2.96. The van der Waals surface area contributed by atoms with E-state index in [-0.39, 0.29) is 18.5 Å². The van der Waals surface area contributed by atoms with E-state index in [0.29, 0.717) is 17.5 Å². The number of aromatic nitrogens is 4. The lowest BCUT2D eigenvalue weighted by molar-refractivity contribution is -0.119. The molecule has 7 nitrogen and oxygen atoms in total. The molecule has 8 heteroatoms. The van der Waals surface area contributed by atoms with E-state index in [4.69, 9.17) is 11.6 Å². The second-order valence-corrected chi connectivity index (χ2v) is 7.21. The van der Waals surface area contributed by atoms with Crippen molar-refractivity contribution in [3.63, 3.8) is 0 Å². The zero-order chi connectivity index (χ0) is 20.2. The summed E-state index contributed by atoms with van der Waals surface area (Å²) < 4.78 is 1.72. The number of hydrogen-bond acceptors (Lipinski definition) is 5. The molecule has 148 valence electrons. The number of fused-ring (bicyclic) bond motifs is 1. The third-order valence-electron chi connectivity index (χ3n) is 4.74. The standard InChI is InChI=1S/C21H21ClN6O/c1-2-12-23-20(29)14-27-18(15-6-4-3-5-7-15)13-19(28-21(27)24-25-26-28)16-8-10-17(22)11-9-16/h3-11,13,19H,2,12,14H2,1H3,(H,23,29). The lowest BCUT2D eigenvalue weighted by atomic mass is 10.0. The number of amides is 1. The Morgan fingerprint density at radius 1 is 1.14 bits per heavy atom. The van der Waals surface area contributed by atoms with Gasteiger partial charge in [0.15, 0.2) is 0 Å². The fraction of sp³-hybridized carbons (Fsp3) is 0.238. The van der Waals surface area contributed by atoms with Crippen LogP contribution >= 0.6 is 11.6 Å². The fourth-order valence-electron chi connectivity index (χ4n) is 3.34. The van der Waals surface area contributed by atoms with Crippen molar-refractivity contribution in [2.75, 3.05) is 18.0 Å². The van der Waals surface area contributed by atoms with Gasteiger partial charge in [-0.3, -0.25) is 9.69 Å². The predicted octanol–water partition coefficient (Wildman–Crippen LogP) is 3.30. The Labute approximate surface area is 174 Å². The number of nitrogens with one attached hydrogen (secondary N) is 1. The monoisotopic (exact) mass is 408 g/mol. The molecule has 0 aliphatic carbocycles. The van der Waals surface area contributed by atoms with Crippen LogP contribution in [0.1, 0.15) is 30.5 Å². The average molecular weight is 409 g/mol. The van der Waals surface area contributed by atoms with Crippen molar-refractivity contribution in [3.05, 3.63) is 76.8 Å². The minimum Gasteiger partial charge on any atom is -0.355 e. The lowest BCUT2D eigenvalue weighted by Gasteiger charge is -2.32. The van der Waals surface area contributed by atoms with E-state index in [0.717, 1.165) is 23.2 Å². The van der Waals surface area contributed by atoms with E-state index >= 15 is 0 Å². The van der Waals surface area contributed by atoms with Gasteiger partial charge in [-0.05, 0) is 46.2 Å². The van der Waals surface area contributed by atoms with Crippen molar-refractivity contribution in [2.24, 2.45) is 0 Å². The predicted molar refractivity (Wildman–Crippen MR) is 112 cm³/mol. The van der Waals surface area contributed by atoms with Crippen LogP contribution in [0.15, 0.2) is 60.7 Å². The van der Waals surface area contributed by atoms with Crippen LogP contribution in [-0.2, 0) is 4.79 Å². The number of hydrogen-bond donors (Lipinski definition) is 1. The second-order valence-electron chi connectivity index (χ2n) is 6.77. The maximum atomic E-state index is 12.5. The number of allylic oxidation sites excluding steroid dienone is 1. The molecule has 0 saturated carbocycles. The number of rotatable bonds is 6. The highest BCUT2D eigenvalue weighted by Crippen LogP contribution is 2.36. The van der Waals surface area contributed by atoms with Crippen molar-refractivity contribution >= 4 is 29.2 Å². The summed E-state index contributed by atoms with van der Waals surface area (Å²) in [5, 5.41) is 15.9. The first-order valence-electron chi connectivity index (χ1n) is 9.52. The Hall–Kier alpha value is -3.19. The third-order valence-corrected chi connectivity index (χ3v) is 4.99. The van der Waals surface area contributed by atoms with Crippen molar-refractivity contribution < 1.29 is 4.79 Å². The highest BCUT2D eigenvalue weighted by molar-refractivity contribution is 6.30. The molecule has 1 N–H and O–H groups in total. The Morgan fingerprint density at radius 3 is 2.62 bits per heavy atom. The van der Waals surface area contributed by atoms with Gasteiger partial charge in [0.2, 0.25) is 5.91 Å². The Bertz CT molecular complexity index is 1020. The van der Waals surface area contributed by atoms with Gasteiger partial charge in [0.25, 0.3) is 5.95 Å². The topological polar surface area (TPSA) is 75.9 Å². The van der Waals surface area contributed by atoms with Crippen LogP contribution in [0.4, 0.5) is 5.95 Å². The highest BCUT2D eigenvalue weighted by atomic mass is 35.5. The van der Waals surface area contributed by atoms with Crippen molar-refractivity contribution in [2.45, 2.75) is 19.4 Å². The van der Waals surface area contributed by atoms with Crippen LogP contribution in [-0.4, -0.2) is 39.2 Å². The zero-order valence-corrected chi connectivity index (χ0v) is 16.8. The first kappa shape index (κ1) is 19.1. The molecule has 2 heterocycles. The molecule has 1 unspecified atom stereocenters. The van der Waals surface area contributed by atoms with Gasteiger partial charge in [-0.15, -0.1) is 0 Å². The Kier molecular flexibility index (Phi) is 5.57. The molecule has 4 rings (SSSR count). The molecule has 2 aromatic carbocycles. The van der Waals surface area contributed by atoms with Crippen molar-refractivity contribution in [1.29, 1.82) is 0 Å². The first-order chi connectivity index (χ1) is 14.2. The number of halogens is 1. The third kappa shape index (κ3) is 4.00. The van der Waals surface area contributed by atoms with Gasteiger partial charge in [-0.25, -0.2) is 0 Å². The Morgan fingerprint density at radius 2 is 1.90 bits per heavy atom. The molecule has 1 aliphatic heterocycles. The Balaban J connectivity index is 1.78. The average Bonchev–Trinajstić information content (AvgIpc) is 3.24. The van der Waals surface area contributed by atoms with Gasteiger partial charge in [0.1, 0.15) is 12.6 Å². The van der Waals surface area contributed by atoms with Crippen molar-refractivity contribution in [1.82, 2.24) is 25.5 Å². The maximum absolute atomic E-state index is 12.5. The zero-order valence-electron chi connectivity index (χ0n) is 16.0. The van der Waals surface area contributed by atoms with Crippen molar-refractivity contribution in [3.8, 4) is 0 Å². The van der Waals surface area contributed by atoms with Gasteiger partial charge in [-0.1, -0.05) is 66.1 Å².